The van der Waals surface area contributed by atoms with Gasteiger partial charge in [0.05, 0.1) is 86.8 Å². The first-order valence-corrected chi connectivity index (χ1v) is 45.4. The lowest BCUT2D eigenvalue weighted by atomic mass is 9.78. The number of cyclic esters (lactones) is 1. The van der Waals surface area contributed by atoms with Crippen LogP contribution in [0.5, 0.6) is 0 Å². The number of oxime groups is 1. The van der Waals surface area contributed by atoms with Gasteiger partial charge in [-0.05, 0) is 138 Å². The van der Waals surface area contributed by atoms with E-state index in [1.54, 1.807) is 64.2 Å². The third kappa shape index (κ3) is 27.6. The van der Waals surface area contributed by atoms with Crippen LogP contribution in [0.4, 0.5) is 23.7 Å². The lowest BCUT2D eigenvalue weighted by Gasteiger charge is -2.43. The number of aryl methyl sites for hydroxylation is 1. The summed E-state index contributed by atoms with van der Waals surface area (Å²) in [5, 5.41) is 66.0. The Balaban J connectivity index is 0.607. The van der Waals surface area contributed by atoms with Gasteiger partial charge in [0, 0.05) is 153 Å². The van der Waals surface area contributed by atoms with Crippen molar-refractivity contribution in [2.45, 2.75) is 219 Å². The fourth-order valence-corrected chi connectivity index (χ4v) is 17.4. The number of anilines is 4. The highest BCUT2D eigenvalue weighted by Gasteiger charge is 2.53. The van der Waals surface area contributed by atoms with Gasteiger partial charge in [0.2, 0.25) is 23.6 Å². The van der Waals surface area contributed by atoms with Crippen molar-refractivity contribution in [3.8, 4) is 11.3 Å². The zero-order valence-electron chi connectivity index (χ0n) is 76.5. The number of amides is 4. The van der Waals surface area contributed by atoms with Gasteiger partial charge in [0.25, 0.3) is 29.5 Å². The molecule has 1 aromatic carbocycles. The summed E-state index contributed by atoms with van der Waals surface area (Å²) in [5.74, 6) is -7.14. The highest BCUT2D eigenvalue weighted by Crippen LogP contribution is 2.40. The zero-order valence-corrected chi connectivity index (χ0v) is 76.5. The molecule has 5 aliphatic rings. The number of methoxy groups -OCH3 is 3. The van der Waals surface area contributed by atoms with Gasteiger partial charge in [-0.1, -0.05) is 76.2 Å². The van der Waals surface area contributed by atoms with Crippen molar-refractivity contribution in [1.29, 1.82) is 0 Å². The SMILES string of the molecule is CO[C@H]1C[C@@H]2CC[C@@H](C)[C@@](O)(O2)C(=O)C(=O)N2CCCC[C@H]2C(=O)O[C@H]([C@H](C)C[C@@H]2CC[C@@H](O)[C@H](OC)C2)C[C@@H](O)[C@H](C)/C=C(\C)[C@@H](O)[C@@H](OC)C(=NOCC(=O)NCc2cnc(N3CCN(c4ncc(C(=O)NCCOCCOCCOCCC(=O)NCCCCn5nc(-c6ccc7oc(N)nc7c6)c6c(N)ncnc65)cn4)CC3)nc2)[C@H](C)C[C@H](C)/C=C/C=C/C=C/1C. The van der Waals surface area contributed by atoms with E-state index in [1.807, 2.05) is 80.0 Å². The molecule has 6 aromatic rings. The molecule has 2 bridgehead atoms. The van der Waals surface area contributed by atoms with Crippen LogP contribution in [0, 0.1) is 35.5 Å². The fraction of sp³-hybridized carbons (Fsp3) is 0.620. The van der Waals surface area contributed by atoms with Crippen molar-refractivity contribution >= 4 is 87.0 Å². The summed E-state index contributed by atoms with van der Waals surface area (Å²) in [6.45, 7) is 18.0. The number of carbonyl (C=O) groups excluding carboxylic acids is 6. The number of oxazole rings is 1. The number of Topliss-reactive ketones (excluding diaryl/α,β-unsaturated/α-hetero) is 1. The number of hydrogen-bond donors (Lipinski definition) is 9. The van der Waals surface area contributed by atoms with Gasteiger partial charge >= 0.3 is 5.97 Å². The van der Waals surface area contributed by atoms with Gasteiger partial charge in [-0.3, -0.25) is 24.0 Å². The number of nitrogens with two attached hydrogens (primary N) is 2. The third-order valence-electron chi connectivity index (χ3n) is 25.1. The van der Waals surface area contributed by atoms with Gasteiger partial charge < -0.3 is 110 Å². The van der Waals surface area contributed by atoms with Crippen LogP contribution in [0.3, 0.4) is 0 Å². The number of benzene rings is 1. The highest BCUT2D eigenvalue weighted by atomic mass is 16.6. The Bertz CT molecular complexity index is 4850. The van der Waals surface area contributed by atoms with E-state index < -0.39 is 96.6 Å². The average Bonchev–Trinajstić information content (AvgIpc) is 1.47. The number of nitrogens with zero attached hydrogens (tertiary/aromatic N) is 13. The molecular weight excluding hydrogens is 1680 g/mol. The van der Waals surface area contributed by atoms with E-state index in [9.17, 15) is 49.2 Å². The quantitative estimate of drug-likeness (QED) is 0.00683. The molecule has 4 amide bonds. The van der Waals surface area contributed by atoms with Crippen molar-refractivity contribution in [3.63, 3.8) is 0 Å². The Labute approximate surface area is 758 Å². The summed E-state index contributed by atoms with van der Waals surface area (Å²) in [4.78, 5) is 125. The van der Waals surface area contributed by atoms with Crippen LogP contribution in [-0.4, -0.2) is 285 Å². The average molecular weight is 1810 g/mol. The number of hydrogen-bond acceptors (Lipinski definition) is 33. The van der Waals surface area contributed by atoms with Crippen molar-refractivity contribution in [2.75, 3.05) is 135 Å². The van der Waals surface area contributed by atoms with E-state index in [0.29, 0.717) is 198 Å². The Morgan fingerprint density at radius 3 is 2.15 bits per heavy atom. The van der Waals surface area contributed by atoms with Crippen LogP contribution < -0.4 is 37.2 Å². The van der Waals surface area contributed by atoms with Crippen molar-refractivity contribution < 1.29 is 96.3 Å². The molecule has 5 aromatic heterocycles. The molecule has 4 aliphatic heterocycles. The first kappa shape index (κ1) is 100. The number of nitrogen functional groups attached to an aromatic ring is 2. The Morgan fingerprint density at radius 2 is 1.44 bits per heavy atom. The van der Waals surface area contributed by atoms with Gasteiger partial charge in [-0.15, -0.1) is 0 Å². The first-order chi connectivity index (χ1) is 62.6. The molecule has 130 heavy (non-hydrogen) atoms. The summed E-state index contributed by atoms with van der Waals surface area (Å²) in [6.07, 6.45) is 19.3. The molecule has 11 rings (SSSR count). The van der Waals surface area contributed by atoms with E-state index in [4.69, 9.17) is 63.7 Å². The normalized spacial score (nSPS) is 27.6. The summed E-state index contributed by atoms with van der Waals surface area (Å²) in [6, 6.07) is 4.37. The van der Waals surface area contributed by atoms with Crippen molar-refractivity contribution in [1.82, 2.24) is 65.5 Å². The predicted molar refractivity (Wildman–Crippen MR) is 484 cm³/mol. The van der Waals surface area contributed by atoms with Gasteiger partial charge in [0.1, 0.15) is 47.7 Å². The molecule has 710 valence electrons. The summed E-state index contributed by atoms with van der Waals surface area (Å²) >= 11 is 0. The molecule has 38 nitrogen and oxygen atoms in total. The lowest BCUT2D eigenvalue weighted by molar-refractivity contribution is -0.265. The molecule has 3 saturated heterocycles. The molecule has 9 heterocycles. The van der Waals surface area contributed by atoms with Crippen molar-refractivity contribution in [2.24, 2.45) is 40.7 Å². The lowest BCUT2D eigenvalue weighted by Crippen LogP contribution is -2.61. The van der Waals surface area contributed by atoms with Gasteiger partial charge in [0.15, 0.2) is 17.8 Å². The number of nitrogens with one attached hydrogen (secondary N) is 3. The maximum absolute atomic E-state index is 14.8. The van der Waals surface area contributed by atoms with Crippen LogP contribution in [-0.2, 0) is 79.8 Å². The standard InChI is InChI=1S/C92H132N18O20/c1-56-18-12-11-13-19-57(2)73(121-8)47-67-24-21-62(7)92(120,130-67)83(116)87(118)109-30-16-14-20-69(109)88(119)128-74(59(4)44-63-22-25-70(111)75(45-63)122-9)48-71(112)58(3)43-61(6)81(115)82(123-10)79(60(5)42-56)106-127-54-77(114)97-49-64-50-98-90(99-51-64)107-32-34-108(35-33-107)91-100-52-66(53-101-91)86(117)96-29-37-125-39-41-126-40-38-124-36-27-76(113)95-28-15-17-31-110-85-78(84(93)102-55-103-85)80(105-110)65-23-26-72-68(46-65)104-89(94)129-72/h11-13,18-19,23,26,43,46,50-53,55-56,58-60,62-63,67,69-71,73-75,81-82,111-112,115,120H,14-17,20-22,24-25,27-42,44-45,47-49,54H2,1-10H3,(H2,94,104)(H,95,113)(H,96,117)(H,97,114)(H2,93,102,103)/b13-11+,18-12+,57-19+,61-43+,106-79?/t56-,58-,59-,60-,62-,63+,67+,69+,70-,71-,73+,74+,75-,81-,82+,92-/m1/s1. The second-order valence-corrected chi connectivity index (χ2v) is 34.8. The number of rotatable bonds is 32. The van der Waals surface area contributed by atoms with Crippen LogP contribution in [0.1, 0.15) is 161 Å². The summed E-state index contributed by atoms with van der Waals surface area (Å²) in [7, 11) is 4.59. The second-order valence-electron chi connectivity index (χ2n) is 34.8. The van der Waals surface area contributed by atoms with E-state index in [0.717, 1.165) is 17.6 Å². The molecule has 0 spiro atoms. The number of allylic oxidation sites excluding steroid dienone is 5. The van der Waals surface area contributed by atoms with Crippen LogP contribution in [0.15, 0.2) is 106 Å². The molecule has 1 saturated carbocycles. The Hall–Kier alpha value is -10.4. The van der Waals surface area contributed by atoms with E-state index in [2.05, 4.69) is 56.0 Å². The van der Waals surface area contributed by atoms with E-state index in [1.165, 1.54) is 30.7 Å². The van der Waals surface area contributed by atoms with Gasteiger partial charge in [-0.2, -0.15) is 10.1 Å². The number of aromatic nitrogens is 9. The minimum Gasteiger partial charge on any atom is -0.460 e. The largest absolute Gasteiger partial charge is 0.460 e. The minimum absolute atomic E-state index is 0.0416. The molecule has 0 unspecified atom stereocenters. The predicted octanol–water partition coefficient (Wildman–Crippen LogP) is 6.88. The minimum atomic E-state index is -2.47. The molecular formula is C92H132N18O20. The summed E-state index contributed by atoms with van der Waals surface area (Å²) < 4.78 is 54.4. The fourth-order valence-electron chi connectivity index (χ4n) is 17.4. The zero-order chi connectivity index (χ0) is 93.0. The molecule has 11 N–H and O–H groups in total. The number of piperazine rings is 1. The molecule has 0 radical (unpaired) electrons. The topological polar surface area (TPSA) is 498 Å². The van der Waals surface area contributed by atoms with Gasteiger partial charge in [-0.25, -0.2) is 39.4 Å². The number of esters is 1. The summed E-state index contributed by atoms with van der Waals surface area (Å²) in [5.41, 5.74) is 17.7. The third-order valence-corrected chi connectivity index (χ3v) is 25.1. The van der Waals surface area contributed by atoms with Crippen LogP contribution in [0.25, 0.3) is 33.4 Å². The number of aliphatic hydroxyl groups is 4. The molecule has 1 aliphatic carbocycles. The first-order valence-electron chi connectivity index (χ1n) is 45.4. The second kappa shape index (κ2) is 49.2. The number of ketones is 1. The maximum Gasteiger partial charge on any atom is 0.329 e. The number of carbonyl (C=O) groups is 6. The number of aliphatic hydroxyl groups excluding tert-OH is 3. The number of unbranched alkanes of at least 4 members (excludes halogenated alkanes) is 1. The highest BCUT2D eigenvalue weighted by molar-refractivity contribution is 6.39. The smallest absolute Gasteiger partial charge is 0.329 e. The Morgan fingerprint density at radius 1 is 0.723 bits per heavy atom. The molecule has 4 fully saturated rings. The Kier molecular flexibility index (Phi) is 37.9. The van der Waals surface area contributed by atoms with E-state index >= 15 is 0 Å². The van der Waals surface area contributed by atoms with Crippen LogP contribution in [0.2, 0.25) is 0 Å². The van der Waals surface area contributed by atoms with Crippen LogP contribution >= 0.6 is 0 Å². The molecule has 16 atom stereocenters. The number of ether oxygens (including phenoxy) is 8. The van der Waals surface area contributed by atoms with Crippen molar-refractivity contribution in [3.05, 3.63) is 108 Å². The maximum atomic E-state index is 14.8. The monoisotopic (exact) mass is 1810 g/mol. The van der Waals surface area contributed by atoms with E-state index in [-0.39, 0.29) is 106 Å². The number of fused-ring (bicyclic) bond motifs is 5. The molecule has 38 heteroatoms. The number of piperidine rings is 1.